The number of ether oxygens (including phenoxy) is 1. The van der Waals surface area contributed by atoms with Gasteiger partial charge in [-0.2, -0.15) is 0 Å². The summed E-state index contributed by atoms with van der Waals surface area (Å²) < 4.78 is 5.35. The molecule has 0 aromatic heterocycles. The average Bonchev–Trinajstić information content (AvgIpc) is 2.58. The lowest BCUT2D eigenvalue weighted by Gasteiger charge is -2.32. The number of guanidine groups is 1. The highest BCUT2D eigenvalue weighted by molar-refractivity contribution is 5.80. The van der Waals surface area contributed by atoms with Gasteiger partial charge in [0.15, 0.2) is 5.96 Å². The monoisotopic (exact) mass is 398 g/mol. The third kappa shape index (κ3) is 9.66. The Hall–Kier alpha value is -2.19. The number of primary amides is 1. The molecule has 1 heterocycles. The molecule has 1 aliphatic heterocycles. The fraction of sp³-hybridized carbons (Fsp3) is 0.842. The van der Waals surface area contributed by atoms with Crippen LogP contribution in [0.2, 0.25) is 0 Å². The topological polar surface area (TPSA) is 121 Å². The zero-order valence-electron chi connectivity index (χ0n) is 18.0. The van der Waals surface area contributed by atoms with Crippen LogP contribution in [-0.2, 0) is 4.74 Å². The van der Waals surface area contributed by atoms with Gasteiger partial charge >= 0.3 is 12.1 Å². The van der Waals surface area contributed by atoms with Gasteiger partial charge in [-0.3, -0.25) is 4.99 Å². The van der Waals surface area contributed by atoms with Gasteiger partial charge in [0.25, 0.3) is 0 Å². The highest BCUT2D eigenvalue weighted by Gasteiger charge is 2.22. The molecule has 1 unspecified atom stereocenters. The van der Waals surface area contributed by atoms with Crippen molar-refractivity contribution in [1.29, 1.82) is 0 Å². The molecule has 1 atom stereocenters. The Kier molecular flexibility index (Phi) is 9.89. The summed E-state index contributed by atoms with van der Waals surface area (Å²) in [4.78, 5) is 29.6. The van der Waals surface area contributed by atoms with Crippen LogP contribution in [0.15, 0.2) is 4.99 Å². The largest absolute Gasteiger partial charge is 0.444 e. The lowest BCUT2D eigenvalue weighted by molar-refractivity contribution is 0.0503. The van der Waals surface area contributed by atoms with Crippen LogP contribution in [-0.4, -0.2) is 66.8 Å². The van der Waals surface area contributed by atoms with Crippen LogP contribution in [0.3, 0.4) is 0 Å². The van der Waals surface area contributed by atoms with Gasteiger partial charge in [0.05, 0.1) is 12.6 Å². The van der Waals surface area contributed by atoms with E-state index in [2.05, 4.69) is 27.9 Å². The second-order valence-electron chi connectivity index (χ2n) is 8.10. The molecule has 1 fully saturated rings. The smallest absolute Gasteiger partial charge is 0.407 e. The SMILES string of the molecule is CCCC(CN=C(NCC)NC1CCN(C(N)=O)CC1)NC(=O)OC(C)(C)C. The van der Waals surface area contributed by atoms with Gasteiger partial charge in [-0.15, -0.1) is 0 Å². The zero-order chi connectivity index (χ0) is 21.2. The number of carbonyl (C=O) groups is 2. The summed E-state index contributed by atoms with van der Waals surface area (Å²) in [7, 11) is 0. The number of alkyl carbamates (subject to hydrolysis) is 1. The number of hydrogen-bond acceptors (Lipinski definition) is 4. The third-order valence-electron chi connectivity index (χ3n) is 4.32. The second-order valence-corrected chi connectivity index (χ2v) is 8.10. The molecule has 0 aromatic rings. The van der Waals surface area contributed by atoms with E-state index in [1.165, 1.54) is 0 Å². The number of nitrogens with one attached hydrogen (secondary N) is 3. The summed E-state index contributed by atoms with van der Waals surface area (Å²) in [5.74, 6) is 0.715. The van der Waals surface area contributed by atoms with E-state index < -0.39 is 11.7 Å². The highest BCUT2D eigenvalue weighted by Crippen LogP contribution is 2.10. The molecular formula is C19H38N6O3. The van der Waals surface area contributed by atoms with E-state index in [-0.39, 0.29) is 18.1 Å². The van der Waals surface area contributed by atoms with Crippen molar-refractivity contribution in [3.05, 3.63) is 0 Å². The number of carbonyl (C=O) groups excluding carboxylic acids is 2. The van der Waals surface area contributed by atoms with Crippen molar-refractivity contribution in [3.63, 3.8) is 0 Å². The molecule has 0 saturated carbocycles. The molecule has 0 radical (unpaired) electrons. The number of nitrogens with zero attached hydrogens (tertiary/aromatic N) is 2. The summed E-state index contributed by atoms with van der Waals surface area (Å²) in [6, 6.07) is -0.224. The quantitative estimate of drug-likeness (QED) is 0.385. The summed E-state index contributed by atoms with van der Waals surface area (Å²) in [5, 5.41) is 9.58. The van der Waals surface area contributed by atoms with Crippen LogP contribution in [0.1, 0.15) is 60.3 Å². The molecule has 3 amide bonds. The van der Waals surface area contributed by atoms with E-state index in [0.717, 1.165) is 32.2 Å². The van der Waals surface area contributed by atoms with Crippen molar-refractivity contribution in [2.24, 2.45) is 10.7 Å². The first-order valence-electron chi connectivity index (χ1n) is 10.2. The number of aliphatic imine (C=N–C) groups is 1. The maximum Gasteiger partial charge on any atom is 0.407 e. The van der Waals surface area contributed by atoms with E-state index in [1.807, 2.05) is 27.7 Å². The molecule has 0 aliphatic carbocycles. The molecule has 28 heavy (non-hydrogen) atoms. The van der Waals surface area contributed by atoms with Gasteiger partial charge in [0.2, 0.25) is 0 Å². The zero-order valence-corrected chi connectivity index (χ0v) is 18.0. The minimum atomic E-state index is -0.527. The Balaban J connectivity index is 2.61. The lowest BCUT2D eigenvalue weighted by Crippen LogP contribution is -2.51. The predicted molar refractivity (Wildman–Crippen MR) is 111 cm³/mol. The number of urea groups is 1. The number of hydrogen-bond donors (Lipinski definition) is 4. The fourth-order valence-electron chi connectivity index (χ4n) is 2.99. The van der Waals surface area contributed by atoms with Gasteiger partial charge in [-0.25, -0.2) is 9.59 Å². The summed E-state index contributed by atoms with van der Waals surface area (Å²) in [6.07, 6.45) is 2.98. The highest BCUT2D eigenvalue weighted by atomic mass is 16.6. The fourth-order valence-corrected chi connectivity index (χ4v) is 2.99. The molecule has 9 heteroatoms. The van der Waals surface area contributed by atoms with Crippen molar-refractivity contribution in [3.8, 4) is 0 Å². The van der Waals surface area contributed by atoms with Gasteiger partial charge in [0, 0.05) is 25.7 Å². The van der Waals surface area contributed by atoms with Crippen LogP contribution in [0.5, 0.6) is 0 Å². The Morgan fingerprint density at radius 2 is 1.89 bits per heavy atom. The maximum atomic E-state index is 12.1. The standard InChI is InChI=1S/C19H38N6O3/c1-6-8-15(24-18(27)28-19(3,4)5)13-22-17(21-7-2)23-14-9-11-25(12-10-14)16(20)26/h14-15H,6-13H2,1-5H3,(H2,20,26)(H,24,27)(H2,21,22,23). The van der Waals surface area contributed by atoms with E-state index >= 15 is 0 Å². The molecule has 1 aliphatic rings. The number of piperidine rings is 1. The first-order valence-corrected chi connectivity index (χ1v) is 10.2. The summed E-state index contributed by atoms with van der Waals surface area (Å²) >= 11 is 0. The maximum absolute atomic E-state index is 12.1. The number of rotatable bonds is 7. The second kappa shape index (κ2) is 11.6. The van der Waals surface area contributed by atoms with Crippen molar-refractivity contribution in [1.82, 2.24) is 20.9 Å². The van der Waals surface area contributed by atoms with Crippen LogP contribution < -0.4 is 21.7 Å². The predicted octanol–water partition coefficient (Wildman–Crippen LogP) is 1.78. The number of amides is 3. The molecule has 0 aromatic carbocycles. The Bertz CT molecular complexity index is 524. The molecule has 162 valence electrons. The van der Waals surface area contributed by atoms with Gasteiger partial charge in [-0.05, 0) is 47.0 Å². The molecule has 1 rings (SSSR count). The van der Waals surface area contributed by atoms with Gasteiger partial charge < -0.3 is 31.3 Å². The van der Waals surface area contributed by atoms with Gasteiger partial charge in [-0.1, -0.05) is 13.3 Å². The van der Waals surface area contributed by atoms with Crippen LogP contribution >= 0.6 is 0 Å². The first kappa shape index (κ1) is 23.8. The Morgan fingerprint density at radius 3 is 2.39 bits per heavy atom. The Morgan fingerprint density at radius 1 is 1.25 bits per heavy atom. The lowest BCUT2D eigenvalue weighted by atomic mass is 10.1. The number of nitrogens with two attached hydrogens (primary N) is 1. The first-order chi connectivity index (χ1) is 13.1. The minimum Gasteiger partial charge on any atom is -0.444 e. The van der Waals surface area contributed by atoms with Gasteiger partial charge in [0.1, 0.15) is 5.60 Å². The molecule has 0 bridgehead atoms. The summed E-state index contributed by atoms with van der Waals surface area (Å²) in [5.41, 5.74) is 4.81. The molecular weight excluding hydrogens is 360 g/mol. The third-order valence-corrected chi connectivity index (χ3v) is 4.32. The van der Waals surface area contributed by atoms with Crippen LogP contribution in [0.25, 0.3) is 0 Å². The molecule has 1 saturated heterocycles. The average molecular weight is 399 g/mol. The molecule has 0 spiro atoms. The van der Waals surface area contributed by atoms with Crippen molar-refractivity contribution in [2.45, 2.75) is 78.0 Å². The van der Waals surface area contributed by atoms with Crippen LogP contribution in [0, 0.1) is 0 Å². The van der Waals surface area contributed by atoms with Crippen molar-refractivity contribution < 1.29 is 14.3 Å². The van der Waals surface area contributed by atoms with E-state index in [9.17, 15) is 9.59 Å². The molecule has 9 nitrogen and oxygen atoms in total. The van der Waals surface area contributed by atoms with Crippen molar-refractivity contribution in [2.75, 3.05) is 26.2 Å². The number of likely N-dealkylation sites (tertiary alicyclic amines) is 1. The van der Waals surface area contributed by atoms with E-state index in [1.54, 1.807) is 4.90 Å². The van der Waals surface area contributed by atoms with Crippen LogP contribution in [0.4, 0.5) is 9.59 Å². The summed E-state index contributed by atoms with van der Waals surface area (Å²) in [6.45, 7) is 12.1. The normalized spacial score (nSPS) is 17.0. The molecule has 5 N–H and O–H groups in total. The minimum absolute atomic E-state index is 0.0907. The Labute approximate surface area is 168 Å². The van der Waals surface area contributed by atoms with E-state index in [4.69, 9.17) is 10.5 Å². The van der Waals surface area contributed by atoms with Crippen molar-refractivity contribution >= 4 is 18.1 Å². The van der Waals surface area contributed by atoms with E-state index in [0.29, 0.717) is 25.6 Å².